The van der Waals surface area contributed by atoms with Gasteiger partial charge in [0, 0.05) is 0 Å². The van der Waals surface area contributed by atoms with Crippen LogP contribution in [0.4, 0.5) is 0 Å². The van der Waals surface area contributed by atoms with Crippen molar-refractivity contribution in [3.63, 3.8) is 0 Å². The maximum Gasteiger partial charge on any atom is 0.371 e. The number of benzene rings is 1. The third-order valence-electron chi connectivity index (χ3n) is 3.76. The van der Waals surface area contributed by atoms with E-state index in [9.17, 15) is 9.59 Å². The number of aryl methyl sites for hydroxylation is 1. The number of carbonyl (C=O) groups excluding carboxylic acids is 1. The van der Waals surface area contributed by atoms with Gasteiger partial charge in [-0.1, -0.05) is 24.3 Å². The first-order chi connectivity index (χ1) is 10.1. The van der Waals surface area contributed by atoms with E-state index in [1.807, 2.05) is 24.3 Å². The summed E-state index contributed by atoms with van der Waals surface area (Å²) >= 11 is 0. The maximum atomic E-state index is 12.3. The first-order valence-electron chi connectivity index (χ1n) is 6.82. The Bertz CT molecular complexity index is 689. The first-order valence-corrected chi connectivity index (χ1v) is 6.82. The van der Waals surface area contributed by atoms with Crippen molar-refractivity contribution in [3.05, 3.63) is 59.0 Å². The van der Waals surface area contributed by atoms with Crippen molar-refractivity contribution in [1.29, 1.82) is 0 Å². The summed E-state index contributed by atoms with van der Waals surface area (Å²) in [6.45, 7) is 0.199. The van der Waals surface area contributed by atoms with Crippen LogP contribution in [-0.2, 0) is 17.8 Å². The molecule has 0 saturated heterocycles. The van der Waals surface area contributed by atoms with Crippen LogP contribution in [0, 0.1) is 0 Å². The molecule has 108 valence electrons. The molecule has 3 rings (SSSR count). The average Bonchev–Trinajstić information content (AvgIpc) is 3.11. The highest BCUT2D eigenvalue weighted by Gasteiger charge is 2.28. The van der Waals surface area contributed by atoms with Gasteiger partial charge >= 0.3 is 5.97 Å². The molecule has 1 aliphatic carbocycles. The topological polar surface area (TPSA) is 79.5 Å². The van der Waals surface area contributed by atoms with Crippen LogP contribution in [0.25, 0.3) is 0 Å². The Hall–Kier alpha value is -2.56. The van der Waals surface area contributed by atoms with Crippen LogP contribution in [0.15, 0.2) is 40.8 Å². The standard InChI is InChI=1S/C16H15NO4/c18-15(13-7-5-10-3-1-2-4-12(10)13)17-9-11-6-8-14(21-11)16(19)20/h1-4,6,8,13H,5,7,9H2,(H,17,18)(H,19,20). The van der Waals surface area contributed by atoms with E-state index in [0.29, 0.717) is 5.76 Å². The van der Waals surface area contributed by atoms with E-state index < -0.39 is 5.97 Å². The molecule has 2 aromatic rings. The van der Waals surface area contributed by atoms with Gasteiger partial charge < -0.3 is 14.8 Å². The Balaban J connectivity index is 1.63. The Morgan fingerprint density at radius 2 is 2.05 bits per heavy atom. The zero-order valence-corrected chi connectivity index (χ0v) is 11.3. The van der Waals surface area contributed by atoms with Gasteiger partial charge in [-0.25, -0.2) is 4.79 Å². The Kier molecular flexibility index (Phi) is 3.48. The fraction of sp³-hybridized carbons (Fsp3) is 0.250. The molecule has 1 unspecified atom stereocenters. The van der Waals surface area contributed by atoms with Gasteiger partial charge in [0.05, 0.1) is 12.5 Å². The molecule has 21 heavy (non-hydrogen) atoms. The molecule has 0 radical (unpaired) electrons. The summed E-state index contributed by atoms with van der Waals surface area (Å²) in [6, 6.07) is 10.9. The molecule has 1 aromatic heterocycles. The van der Waals surface area contributed by atoms with Crippen molar-refractivity contribution in [1.82, 2.24) is 5.32 Å². The van der Waals surface area contributed by atoms with Crippen molar-refractivity contribution in [2.75, 3.05) is 0 Å². The highest BCUT2D eigenvalue weighted by Crippen LogP contribution is 2.32. The minimum atomic E-state index is -1.11. The van der Waals surface area contributed by atoms with Crippen LogP contribution in [0.5, 0.6) is 0 Å². The summed E-state index contributed by atoms with van der Waals surface area (Å²) in [7, 11) is 0. The molecule has 0 bridgehead atoms. The summed E-state index contributed by atoms with van der Waals surface area (Å²) in [5, 5.41) is 11.6. The van der Waals surface area contributed by atoms with E-state index in [4.69, 9.17) is 9.52 Å². The smallest absolute Gasteiger partial charge is 0.371 e. The SMILES string of the molecule is O=C(O)c1ccc(CNC(=O)C2CCc3ccccc32)o1. The number of carbonyl (C=O) groups is 2. The van der Waals surface area contributed by atoms with Gasteiger partial charge in [0.2, 0.25) is 11.7 Å². The molecule has 0 fully saturated rings. The number of aromatic carboxylic acids is 1. The van der Waals surface area contributed by atoms with Crippen LogP contribution in [-0.4, -0.2) is 17.0 Å². The van der Waals surface area contributed by atoms with Crippen LogP contribution < -0.4 is 5.32 Å². The lowest BCUT2D eigenvalue weighted by Gasteiger charge is -2.11. The highest BCUT2D eigenvalue weighted by molar-refractivity contribution is 5.85. The lowest BCUT2D eigenvalue weighted by Crippen LogP contribution is -2.27. The average molecular weight is 285 g/mol. The number of amides is 1. The molecule has 5 heteroatoms. The van der Waals surface area contributed by atoms with Gasteiger partial charge in [0.1, 0.15) is 5.76 Å². The molecule has 1 aliphatic rings. The predicted molar refractivity (Wildman–Crippen MR) is 75.0 cm³/mol. The minimum Gasteiger partial charge on any atom is -0.475 e. The molecule has 2 N–H and O–H groups in total. The van der Waals surface area contributed by atoms with Crippen molar-refractivity contribution in [3.8, 4) is 0 Å². The van der Waals surface area contributed by atoms with E-state index in [2.05, 4.69) is 5.32 Å². The molecule has 1 amide bonds. The molecule has 1 aromatic carbocycles. The molecule has 1 atom stereocenters. The van der Waals surface area contributed by atoms with Gasteiger partial charge in [-0.3, -0.25) is 4.79 Å². The van der Waals surface area contributed by atoms with E-state index in [1.54, 1.807) is 6.07 Å². The minimum absolute atomic E-state index is 0.0479. The first kappa shape index (κ1) is 13.4. The van der Waals surface area contributed by atoms with Crippen LogP contribution in [0.2, 0.25) is 0 Å². The normalized spacial score (nSPS) is 16.5. The van der Waals surface area contributed by atoms with Gasteiger partial charge in [-0.05, 0) is 36.1 Å². The summed E-state index contributed by atoms with van der Waals surface area (Å²) in [4.78, 5) is 23.0. The molecular weight excluding hydrogens is 270 g/mol. The van der Waals surface area contributed by atoms with E-state index in [-0.39, 0.29) is 24.1 Å². The fourth-order valence-corrected chi connectivity index (χ4v) is 2.71. The number of rotatable bonds is 4. The van der Waals surface area contributed by atoms with Crippen molar-refractivity contribution >= 4 is 11.9 Å². The number of furan rings is 1. The van der Waals surface area contributed by atoms with Gasteiger partial charge in [0.15, 0.2) is 0 Å². The van der Waals surface area contributed by atoms with Gasteiger partial charge in [0.25, 0.3) is 0 Å². The van der Waals surface area contributed by atoms with Gasteiger partial charge in [-0.2, -0.15) is 0 Å². The number of fused-ring (bicyclic) bond motifs is 1. The van der Waals surface area contributed by atoms with Crippen molar-refractivity contribution in [2.45, 2.75) is 25.3 Å². The maximum absolute atomic E-state index is 12.3. The summed E-state index contributed by atoms with van der Waals surface area (Å²) in [6.07, 6.45) is 1.72. The van der Waals surface area contributed by atoms with Crippen LogP contribution in [0.1, 0.15) is 39.8 Å². The number of nitrogens with one attached hydrogen (secondary N) is 1. The summed E-state index contributed by atoms with van der Waals surface area (Å²) in [5.74, 6) is -0.974. The van der Waals surface area contributed by atoms with Gasteiger partial charge in [-0.15, -0.1) is 0 Å². The Morgan fingerprint density at radius 1 is 1.24 bits per heavy atom. The molecule has 1 heterocycles. The molecular formula is C16H15NO4. The molecule has 0 aliphatic heterocycles. The summed E-state index contributed by atoms with van der Waals surface area (Å²) < 4.78 is 5.11. The third kappa shape index (κ3) is 2.67. The van der Waals surface area contributed by atoms with Crippen LogP contribution >= 0.6 is 0 Å². The van der Waals surface area contributed by atoms with Crippen molar-refractivity contribution in [2.24, 2.45) is 0 Å². The fourth-order valence-electron chi connectivity index (χ4n) is 2.71. The van der Waals surface area contributed by atoms with E-state index in [0.717, 1.165) is 18.4 Å². The Labute approximate surface area is 121 Å². The number of hydrogen-bond acceptors (Lipinski definition) is 3. The second kappa shape index (κ2) is 5.44. The largest absolute Gasteiger partial charge is 0.475 e. The molecule has 5 nitrogen and oxygen atoms in total. The predicted octanol–water partition coefficient (Wildman–Crippen LogP) is 2.32. The summed E-state index contributed by atoms with van der Waals surface area (Å²) in [5.41, 5.74) is 2.31. The zero-order chi connectivity index (χ0) is 14.8. The molecule has 0 spiro atoms. The zero-order valence-electron chi connectivity index (χ0n) is 11.3. The van der Waals surface area contributed by atoms with E-state index in [1.165, 1.54) is 11.6 Å². The lowest BCUT2D eigenvalue weighted by atomic mass is 10.0. The monoisotopic (exact) mass is 285 g/mol. The van der Waals surface area contributed by atoms with E-state index >= 15 is 0 Å². The Morgan fingerprint density at radius 3 is 2.81 bits per heavy atom. The third-order valence-corrected chi connectivity index (χ3v) is 3.76. The quantitative estimate of drug-likeness (QED) is 0.903. The number of carboxylic acids is 1. The second-order valence-electron chi connectivity index (χ2n) is 5.08. The molecule has 0 saturated carbocycles. The second-order valence-corrected chi connectivity index (χ2v) is 5.08. The lowest BCUT2D eigenvalue weighted by molar-refractivity contribution is -0.122. The number of hydrogen-bond donors (Lipinski definition) is 2. The number of carboxylic acid groups (broad SMARTS) is 1. The highest BCUT2D eigenvalue weighted by atomic mass is 16.4. The van der Waals surface area contributed by atoms with Crippen molar-refractivity contribution < 1.29 is 19.1 Å². The van der Waals surface area contributed by atoms with Crippen LogP contribution in [0.3, 0.4) is 0 Å².